The van der Waals surface area contributed by atoms with E-state index in [0.29, 0.717) is 16.7 Å². The Bertz CT molecular complexity index is 589. The van der Waals surface area contributed by atoms with E-state index in [1.54, 1.807) is 6.07 Å². The molecule has 6 nitrogen and oxygen atoms in total. The van der Waals surface area contributed by atoms with Crippen LogP contribution in [0.5, 0.6) is 11.5 Å². The molecule has 2 rings (SSSR count). The van der Waals surface area contributed by atoms with Crippen LogP contribution in [0, 0.1) is 0 Å². The van der Waals surface area contributed by atoms with Gasteiger partial charge in [-0.2, -0.15) is 0 Å². The fourth-order valence-corrected chi connectivity index (χ4v) is 1.46. The Hall–Kier alpha value is -1.77. The zero-order valence-electron chi connectivity index (χ0n) is 10.4. The zero-order chi connectivity index (χ0) is 12.4. The summed E-state index contributed by atoms with van der Waals surface area (Å²) in [6, 6.07) is 3.13. The Morgan fingerprint density at radius 1 is 1.28 bits per heavy atom. The molecule has 0 aliphatic heterocycles. The minimum absolute atomic E-state index is 0. The number of ether oxygens (including phenoxy) is 2. The number of nitrogens with zero attached hydrogens (tertiary/aromatic N) is 2. The largest absolute Gasteiger partial charge is 1.00 e. The van der Waals surface area contributed by atoms with Crippen LogP contribution in [-0.2, 0) is 4.79 Å². The third-order valence-electron chi connectivity index (χ3n) is 2.17. The first-order chi connectivity index (χ1) is 8.11. The van der Waals surface area contributed by atoms with Gasteiger partial charge >= 0.3 is 24.8 Å². The number of nitrogens with one attached hydrogen (secondary N) is 1. The number of carbonyl (C=O) groups excluding carboxylic acids is 1. The van der Waals surface area contributed by atoms with Gasteiger partial charge in [-0.1, -0.05) is 5.82 Å². The van der Waals surface area contributed by atoms with E-state index >= 15 is 0 Å². The summed E-state index contributed by atoms with van der Waals surface area (Å²) in [5, 5.41) is 0.504. The number of esters is 1. The molecule has 1 aromatic carbocycles. The number of fused-ring (bicyclic) bond motifs is 1. The van der Waals surface area contributed by atoms with Crippen LogP contribution in [0.25, 0.3) is 16.6 Å². The average Bonchev–Trinajstić information content (AvgIpc) is 2.29. The molecule has 7 heteroatoms. The van der Waals surface area contributed by atoms with E-state index in [0.717, 1.165) is 0 Å². The van der Waals surface area contributed by atoms with Crippen molar-refractivity contribution in [2.45, 2.75) is 6.92 Å². The summed E-state index contributed by atoms with van der Waals surface area (Å²) in [6.45, 7) is 1.30. The fourth-order valence-electron chi connectivity index (χ4n) is 1.46. The first-order valence-electron chi connectivity index (χ1n) is 4.84. The molecular formula is C11H10LiN3O3. The molecule has 0 unspecified atom stereocenters. The summed E-state index contributed by atoms with van der Waals surface area (Å²) in [7, 11) is 1.47. The number of benzene rings is 1. The van der Waals surface area contributed by atoms with Gasteiger partial charge in [-0.25, -0.2) is 0 Å². The summed E-state index contributed by atoms with van der Waals surface area (Å²) < 4.78 is 10.1. The molecule has 0 bridgehead atoms. The molecule has 0 aliphatic rings. The molecule has 0 spiro atoms. The molecule has 0 radical (unpaired) electrons. The zero-order valence-corrected chi connectivity index (χ0v) is 10.4. The van der Waals surface area contributed by atoms with Crippen molar-refractivity contribution in [2.24, 2.45) is 0 Å². The predicted molar refractivity (Wildman–Crippen MR) is 61.4 cm³/mol. The minimum Gasteiger partial charge on any atom is -0.493 e. The van der Waals surface area contributed by atoms with Gasteiger partial charge in [0.25, 0.3) is 0 Å². The third-order valence-corrected chi connectivity index (χ3v) is 2.17. The van der Waals surface area contributed by atoms with Gasteiger partial charge in [-0.3, -0.25) is 9.78 Å². The molecule has 0 saturated heterocycles. The molecule has 1 heterocycles. The molecular weight excluding hydrogens is 229 g/mol. The summed E-state index contributed by atoms with van der Waals surface area (Å²) >= 11 is 0. The second kappa shape index (κ2) is 5.71. The van der Waals surface area contributed by atoms with Gasteiger partial charge < -0.3 is 20.2 Å². The van der Waals surface area contributed by atoms with Crippen LogP contribution in [0.1, 0.15) is 6.92 Å². The number of hydrogen-bond donors (Lipinski definition) is 0. The maximum atomic E-state index is 10.9. The maximum absolute atomic E-state index is 10.9. The quantitative estimate of drug-likeness (QED) is 0.391. The maximum Gasteiger partial charge on any atom is 1.00 e. The summed E-state index contributed by atoms with van der Waals surface area (Å²) in [4.78, 5) is 18.7. The molecule has 0 saturated carbocycles. The Morgan fingerprint density at radius 2 is 2.00 bits per heavy atom. The fraction of sp³-hybridized carbons (Fsp3) is 0.182. The Balaban J connectivity index is 0.00000162. The van der Waals surface area contributed by atoms with Crippen LogP contribution in [0.15, 0.2) is 18.5 Å². The van der Waals surface area contributed by atoms with Gasteiger partial charge in [0.1, 0.15) is 0 Å². The Kier molecular flexibility index (Phi) is 4.54. The van der Waals surface area contributed by atoms with Crippen LogP contribution in [0.4, 0.5) is 5.82 Å². The van der Waals surface area contributed by atoms with Gasteiger partial charge in [0, 0.05) is 24.7 Å². The van der Waals surface area contributed by atoms with E-state index in [1.165, 1.54) is 26.4 Å². The molecule has 0 aliphatic carbocycles. The topological polar surface area (TPSA) is 85.1 Å². The number of carbonyl (C=O) groups is 1. The normalized spacial score (nSPS) is 9.67. The minimum atomic E-state index is -0.453. The SMILES string of the molecule is COc1cc2ncnc([NH-])c2cc1OC(C)=O.[Li+]. The molecule has 0 amide bonds. The van der Waals surface area contributed by atoms with Gasteiger partial charge in [-0.05, 0) is 6.07 Å². The van der Waals surface area contributed by atoms with Gasteiger partial charge in [0.15, 0.2) is 11.5 Å². The van der Waals surface area contributed by atoms with Crippen molar-refractivity contribution in [1.82, 2.24) is 9.97 Å². The van der Waals surface area contributed by atoms with E-state index in [1.807, 2.05) is 0 Å². The van der Waals surface area contributed by atoms with Gasteiger partial charge in [0.2, 0.25) is 0 Å². The summed E-state index contributed by atoms with van der Waals surface area (Å²) in [5.74, 6) is 0.277. The number of hydrogen-bond acceptors (Lipinski definition) is 5. The van der Waals surface area contributed by atoms with Crippen molar-refractivity contribution in [2.75, 3.05) is 7.11 Å². The average molecular weight is 239 g/mol. The first-order valence-corrected chi connectivity index (χ1v) is 4.84. The van der Waals surface area contributed by atoms with E-state index < -0.39 is 5.97 Å². The first kappa shape index (κ1) is 14.3. The molecule has 1 aromatic heterocycles. The van der Waals surface area contributed by atoms with E-state index in [4.69, 9.17) is 15.2 Å². The number of methoxy groups -OCH3 is 1. The van der Waals surface area contributed by atoms with E-state index in [2.05, 4.69) is 9.97 Å². The van der Waals surface area contributed by atoms with Gasteiger partial charge in [0.05, 0.1) is 12.6 Å². The van der Waals surface area contributed by atoms with Crippen LogP contribution >= 0.6 is 0 Å². The van der Waals surface area contributed by atoms with Crippen LogP contribution < -0.4 is 28.3 Å². The van der Waals surface area contributed by atoms with Crippen molar-refractivity contribution in [3.05, 3.63) is 24.2 Å². The molecule has 1 N–H and O–H groups in total. The number of aromatic nitrogens is 2. The van der Waals surface area contributed by atoms with Crippen molar-refractivity contribution in [1.29, 1.82) is 0 Å². The molecule has 0 atom stereocenters. The predicted octanol–water partition coefficient (Wildman–Crippen LogP) is -0.749. The van der Waals surface area contributed by atoms with Crippen LogP contribution in [-0.4, -0.2) is 23.0 Å². The smallest absolute Gasteiger partial charge is 0.493 e. The molecule has 0 fully saturated rings. The summed E-state index contributed by atoms with van der Waals surface area (Å²) in [6.07, 6.45) is 1.30. The molecule has 2 aromatic rings. The van der Waals surface area contributed by atoms with Crippen molar-refractivity contribution in [3.63, 3.8) is 0 Å². The standard InChI is InChI=1S/C11H10N3O3.Li/c1-6(15)17-10-3-7-8(4-9(10)16-2)13-5-14-11(7)12;/h3-5H,1-2H3,(H-,12,13,14);/q-1;+1. The van der Waals surface area contributed by atoms with Crippen LogP contribution in [0.2, 0.25) is 0 Å². The molecule has 88 valence electrons. The van der Waals surface area contributed by atoms with Crippen molar-refractivity contribution >= 4 is 22.7 Å². The van der Waals surface area contributed by atoms with Crippen molar-refractivity contribution in [3.8, 4) is 11.5 Å². The van der Waals surface area contributed by atoms with Crippen LogP contribution in [0.3, 0.4) is 0 Å². The monoisotopic (exact) mass is 239 g/mol. The van der Waals surface area contributed by atoms with E-state index in [9.17, 15) is 4.79 Å². The molecule has 18 heavy (non-hydrogen) atoms. The second-order valence-corrected chi connectivity index (χ2v) is 3.34. The van der Waals surface area contributed by atoms with Gasteiger partial charge in [-0.15, -0.1) is 0 Å². The Labute approximate surface area is 116 Å². The van der Waals surface area contributed by atoms with Crippen molar-refractivity contribution < 1.29 is 33.1 Å². The Morgan fingerprint density at radius 3 is 2.61 bits per heavy atom. The number of rotatable bonds is 2. The summed E-state index contributed by atoms with van der Waals surface area (Å²) in [5.41, 5.74) is 8.21. The third kappa shape index (κ3) is 2.72. The van der Waals surface area contributed by atoms with E-state index in [-0.39, 0.29) is 30.4 Å². The second-order valence-electron chi connectivity index (χ2n) is 3.34.